The van der Waals surface area contributed by atoms with Gasteiger partial charge in [-0.15, -0.1) is 5.10 Å². The summed E-state index contributed by atoms with van der Waals surface area (Å²) in [5, 5.41) is 10.4. The smallest absolute Gasteiger partial charge is 0.352 e. The molecule has 1 aromatic carbocycles. The number of aryl methyl sites for hydroxylation is 1. The molecule has 2 amide bonds. The average Bonchev–Trinajstić information content (AvgIpc) is 3.38. The van der Waals surface area contributed by atoms with Crippen LogP contribution < -0.4 is 21.9 Å². The van der Waals surface area contributed by atoms with Gasteiger partial charge < -0.3 is 10.6 Å². The van der Waals surface area contributed by atoms with Gasteiger partial charge in [0.05, 0.1) is 10.9 Å². The van der Waals surface area contributed by atoms with E-state index in [0.29, 0.717) is 29.4 Å². The Bertz CT molecular complexity index is 1330. The molecule has 0 aliphatic heterocycles. The normalized spacial score (nSPS) is 14.4. The van der Waals surface area contributed by atoms with Crippen molar-refractivity contribution < 1.29 is 9.59 Å². The fraction of sp³-hybridized carbons (Fsp3) is 0.522. The second kappa shape index (κ2) is 9.21. The van der Waals surface area contributed by atoms with Gasteiger partial charge in [0.2, 0.25) is 11.7 Å². The lowest BCUT2D eigenvalue weighted by atomic mass is 10.1. The highest BCUT2D eigenvalue weighted by molar-refractivity contribution is 5.98. The van der Waals surface area contributed by atoms with Crippen LogP contribution >= 0.6 is 0 Å². The molecular weight excluding hydrogens is 424 g/mol. The van der Waals surface area contributed by atoms with Crippen LogP contribution in [0.2, 0.25) is 0 Å². The van der Waals surface area contributed by atoms with E-state index in [4.69, 9.17) is 0 Å². The predicted octanol–water partition coefficient (Wildman–Crippen LogP) is 1.42. The molecule has 1 fully saturated rings. The summed E-state index contributed by atoms with van der Waals surface area (Å²) < 4.78 is 3.86. The van der Waals surface area contributed by atoms with Gasteiger partial charge in [-0.25, -0.2) is 13.9 Å². The minimum absolute atomic E-state index is 0.0605. The second-order valence-corrected chi connectivity index (χ2v) is 8.94. The molecule has 176 valence electrons. The summed E-state index contributed by atoms with van der Waals surface area (Å²) in [6.07, 6.45) is 4.71. The number of benzene rings is 1. The second-order valence-electron chi connectivity index (χ2n) is 8.94. The van der Waals surface area contributed by atoms with E-state index in [0.717, 1.165) is 30.4 Å². The first-order valence-corrected chi connectivity index (χ1v) is 11.6. The van der Waals surface area contributed by atoms with Crippen molar-refractivity contribution in [3.8, 4) is 0 Å². The van der Waals surface area contributed by atoms with Crippen molar-refractivity contribution in [2.45, 2.75) is 78.0 Å². The molecule has 3 aromatic rings. The SMILES string of the molecule is CCCn1c(=O)c2ccc(C(=O)NC(C)C)cc2n2c(=O)n(CC(=O)NC3CCCC3)nc12. The lowest BCUT2D eigenvalue weighted by Gasteiger charge is -2.11. The van der Waals surface area contributed by atoms with Gasteiger partial charge in [0.25, 0.3) is 11.5 Å². The maximum absolute atomic E-state index is 13.3. The summed E-state index contributed by atoms with van der Waals surface area (Å²) in [4.78, 5) is 51.6. The first kappa shape index (κ1) is 22.8. The molecule has 0 saturated heterocycles. The lowest BCUT2D eigenvalue weighted by Crippen LogP contribution is -2.37. The average molecular weight is 455 g/mol. The van der Waals surface area contributed by atoms with Gasteiger partial charge >= 0.3 is 5.69 Å². The quantitative estimate of drug-likeness (QED) is 0.560. The summed E-state index contributed by atoms with van der Waals surface area (Å²) >= 11 is 0. The standard InChI is InChI=1S/C23H30N6O4/c1-4-11-27-21(32)17-10-9-15(20(31)24-14(2)3)12-18(17)29-22(27)26-28(23(29)33)13-19(30)25-16-7-5-6-8-16/h9-10,12,14,16H,4-8,11,13H2,1-3H3,(H,24,31)(H,25,30). The topological polar surface area (TPSA) is 120 Å². The zero-order valence-corrected chi connectivity index (χ0v) is 19.3. The molecule has 33 heavy (non-hydrogen) atoms. The molecule has 1 saturated carbocycles. The van der Waals surface area contributed by atoms with Crippen LogP contribution in [0.25, 0.3) is 16.7 Å². The largest absolute Gasteiger partial charge is 0.352 e. The van der Waals surface area contributed by atoms with E-state index >= 15 is 0 Å². The van der Waals surface area contributed by atoms with E-state index in [1.165, 1.54) is 15.0 Å². The number of rotatable bonds is 7. The Kier molecular flexibility index (Phi) is 6.35. The van der Waals surface area contributed by atoms with E-state index in [1.54, 1.807) is 12.1 Å². The van der Waals surface area contributed by atoms with E-state index in [2.05, 4.69) is 15.7 Å². The number of hydrogen-bond donors (Lipinski definition) is 2. The highest BCUT2D eigenvalue weighted by Crippen LogP contribution is 2.18. The van der Waals surface area contributed by atoms with E-state index in [-0.39, 0.29) is 41.8 Å². The van der Waals surface area contributed by atoms with Crippen molar-refractivity contribution in [2.24, 2.45) is 0 Å². The molecule has 10 nitrogen and oxygen atoms in total. The summed E-state index contributed by atoms with van der Waals surface area (Å²) in [6.45, 7) is 5.78. The van der Waals surface area contributed by atoms with Gasteiger partial charge in [-0.05, 0) is 51.3 Å². The van der Waals surface area contributed by atoms with Crippen LogP contribution in [0.3, 0.4) is 0 Å². The Morgan fingerprint density at radius 3 is 2.58 bits per heavy atom. The maximum Gasteiger partial charge on any atom is 0.352 e. The van der Waals surface area contributed by atoms with Gasteiger partial charge in [-0.3, -0.25) is 19.0 Å². The predicted molar refractivity (Wildman–Crippen MR) is 125 cm³/mol. The van der Waals surface area contributed by atoms with Crippen molar-refractivity contribution in [1.29, 1.82) is 0 Å². The third-order valence-corrected chi connectivity index (χ3v) is 5.92. The fourth-order valence-electron chi connectivity index (χ4n) is 4.41. The molecule has 1 aliphatic carbocycles. The Morgan fingerprint density at radius 1 is 1.18 bits per heavy atom. The monoisotopic (exact) mass is 454 g/mol. The Hall–Kier alpha value is -3.43. The molecule has 0 atom stereocenters. The van der Waals surface area contributed by atoms with Gasteiger partial charge in [0, 0.05) is 24.2 Å². The molecule has 0 bridgehead atoms. The minimum Gasteiger partial charge on any atom is -0.352 e. The van der Waals surface area contributed by atoms with E-state index in [9.17, 15) is 19.2 Å². The minimum atomic E-state index is -0.525. The fourth-order valence-corrected chi connectivity index (χ4v) is 4.41. The lowest BCUT2D eigenvalue weighted by molar-refractivity contribution is -0.122. The van der Waals surface area contributed by atoms with Crippen molar-refractivity contribution in [2.75, 3.05) is 0 Å². The Balaban J connectivity index is 1.84. The maximum atomic E-state index is 13.3. The number of carbonyl (C=O) groups excluding carboxylic acids is 2. The molecule has 4 rings (SSSR count). The van der Waals surface area contributed by atoms with Gasteiger partial charge in [-0.2, -0.15) is 0 Å². The number of amides is 2. The molecule has 10 heteroatoms. The zero-order chi connectivity index (χ0) is 23.7. The molecule has 0 unspecified atom stereocenters. The third kappa shape index (κ3) is 4.42. The molecule has 1 aliphatic rings. The highest BCUT2D eigenvalue weighted by Gasteiger charge is 2.22. The van der Waals surface area contributed by atoms with Crippen molar-refractivity contribution in [3.05, 3.63) is 44.6 Å². The van der Waals surface area contributed by atoms with Crippen molar-refractivity contribution in [1.82, 2.24) is 29.4 Å². The van der Waals surface area contributed by atoms with E-state index in [1.807, 2.05) is 20.8 Å². The molecule has 2 N–H and O–H groups in total. The van der Waals surface area contributed by atoms with Crippen LogP contribution in [0.1, 0.15) is 63.2 Å². The van der Waals surface area contributed by atoms with Crippen LogP contribution in [-0.4, -0.2) is 42.6 Å². The molecule has 0 radical (unpaired) electrons. The first-order chi connectivity index (χ1) is 15.8. The summed E-state index contributed by atoms with van der Waals surface area (Å²) in [5.74, 6) is -0.415. The van der Waals surface area contributed by atoms with Crippen LogP contribution in [-0.2, 0) is 17.9 Å². The van der Waals surface area contributed by atoms with Crippen molar-refractivity contribution >= 4 is 28.5 Å². The molecular formula is C23H30N6O4. The van der Waals surface area contributed by atoms with Crippen molar-refractivity contribution in [3.63, 3.8) is 0 Å². The number of nitrogens with zero attached hydrogens (tertiary/aromatic N) is 4. The summed E-state index contributed by atoms with van der Waals surface area (Å²) in [7, 11) is 0. The van der Waals surface area contributed by atoms with Gasteiger partial charge in [0.1, 0.15) is 6.54 Å². The van der Waals surface area contributed by atoms with E-state index < -0.39 is 5.69 Å². The Morgan fingerprint density at radius 2 is 1.91 bits per heavy atom. The zero-order valence-electron chi connectivity index (χ0n) is 19.3. The number of fused-ring (bicyclic) bond motifs is 3. The van der Waals surface area contributed by atoms with Crippen LogP contribution in [0.4, 0.5) is 0 Å². The number of hydrogen-bond acceptors (Lipinski definition) is 5. The molecule has 2 aromatic heterocycles. The number of carbonyl (C=O) groups is 2. The highest BCUT2D eigenvalue weighted by atomic mass is 16.2. The van der Waals surface area contributed by atoms with Crippen LogP contribution in [0.15, 0.2) is 27.8 Å². The first-order valence-electron chi connectivity index (χ1n) is 11.6. The van der Waals surface area contributed by atoms with Gasteiger partial charge in [0.15, 0.2) is 0 Å². The number of nitrogens with one attached hydrogen (secondary N) is 2. The summed E-state index contributed by atoms with van der Waals surface area (Å²) in [6, 6.07) is 4.74. The van der Waals surface area contributed by atoms with Gasteiger partial charge in [-0.1, -0.05) is 19.8 Å². The van der Waals surface area contributed by atoms with Crippen LogP contribution in [0, 0.1) is 0 Å². The summed E-state index contributed by atoms with van der Waals surface area (Å²) in [5.41, 5.74) is -0.180. The molecule has 0 spiro atoms. The third-order valence-electron chi connectivity index (χ3n) is 5.92. The Labute approximate surface area is 190 Å². The van der Waals surface area contributed by atoms with Crippen LogP contribution in [0.5, 0.6) is 0 Å². The number of aromatic nitrogens is 4. The molecule has 2 heterocycles.